The molecule has 0 aliphatic carbocycles. The molecule has 0 amide bonds. The lowest BCUT2D eigenvalue weighted by Crippen LogP contribution is -2.17. The van der Waals surface area contributed by atoms with Crippen molar-refractivity contribution in [2.45, 2.75) is 41.7 Å². The normalized spacial score (nSPS) is 13.3. The summed E-state index contributed by atoms with van der Waals surface area (Å²) in [6.45, 7) is 7.58. The molecular formula is C18H21Cl6N3O2S. The van der Waals surface area contributed by atoms with E-state index in [-0.39, 0.29) is 23.9 Å². The molecule has 1 heterocycles. The van der Waals surface area contributed by atoms with E-state index >= 15 is 0 Å². The van der Waals surface area contributed by atoms with Crippen molar-refractivity contribution in [2.75, 3.05) is 5.75 Å². The molecule has 0 aromatic carbocycles. The smallest absolute Gasteiger partial charge is 0.304 e. The average Bonchev–Trinajstić information content (AvgIpc) is 2.65. The Morgan fingerprint density at radius 2 is 1.50 bits per heavy atom. The van der Waals surface area contributed by atoms with Crippen LogP contribution in [0, 0.1) is 0 Å². The topological polar surface area (TPSA) is 76.0 Å². The van der Waals surface area contributed by atoms with Gasteiger partial charge in [0, 0.05) is 10.7 Å². The number of nitrogens with zero attached hydrogens (tertiary/aromatic N) is 3. The zero-order chi connectivity index (χ0) is 23.5. The molecule has 1 aromatic rings. The maximum Gasteiger partial charge on any atom is 0.304 e. The molecule has 0 unspecified atom stereocenters. The van der Waals surface area contributed by atoms with Crippen molar-refractivity contribution >= 4 is 92.9 Å². The van der Waals surface area contributed by atoms with Crippen LogP contribution in [0.4, 0.5) is 0 Å². The van der Waals surface area contributed by atoms with Crippen molar-refractivity contribution in [1.29, 1.82) is 0 Å². The van der Waals surface area contributed by atoms with Crippen molar-refractivity contribution in [1.82, 2.24) is 15.0 Å². The van der Waals surface area contributed by atoms with Gasteiger partial charge in [0.05, 0.1) is 6.42 Å². The first kappa shape index (κ1) is 29.8. The number of halogens is 6. The number of allylic oxidation sites excluding steroid dienone is 5. The molecule has 0 saturated heterocycles. The van der Waals surface area contributed by atoms with E-state index in [1.807, 2.05) is 32.9 Å². The number of rotatable bonds is 7. The molecule has 0 fully saturated rings. The molecule has 168 valence electrons. The van der Waals surface area contributed by atoms with E-state index < -0.39 is 13.6 Å². The van der Waals surface area contributed by atoms with Gasteiger partial charge in [-0.1, -0.05) is 102 Å². The lowest BCUT2D eigenvalue weighted by molar-refractivity contribution is -0.136. The monoisotopic (exact) mass is 553 g/mol. The number of hydrogen-bond acceptors (Lipinski definition) is 5. The molecule has 12 heteroatoms. The summed E-state index contributed by atoms with van der Waals surface area (Å²) in [5.41, 5.74) is 0.592. The first-order chi connectivity index (χ1) is 13.8. The quantitative estimate of drug-likeness (QED) is 0.275. The first-order valence-corrected chi connectivity index (χ1v) is 11.9. The van der Waals surface area contributed by atoms with Crippen LogP contribution in [0.3, 0.4) is 0 Å². The van der Waals surface area contributed by atoms with Crippen LogP contribution in [0.2, 0.25) is 0 Å². The van der Waals surface area contributed by atoms with Crippen molar-refractivity contribution in [3.8, 4) is 0 Å². The maximum atomic E-state index is 10.7. The van der Waals surface area contributed by atoms with Crippen molar-refractivity contribution in [3.05, 3.63) is 46.7 Å². The van der Waals surface area contributed by atoms with Gasteiger partial charge in [0.2, 0.25) is 7.59 Å². The van der Waals surface area contributed by atoms with E-state index in [1.165, 1.54) is 11.8 Å². The van der Waals surface area contributed by atoms with Crippen molar-refractivity contribution < 1.29 is 9.90 Å². The Morgan fingerprint density at radius 1 is 1.00 bits per heavy atom. The minimum absolute atomic E-state index is 0.0505. The predicted octanol–water partition coefficient (Wildman–Crippen LogP) is 7.62. The van der Waals surface area contributed by atoms with Gasteiger partial charge in [-0.3, -0.25) is 4.79 Å². The molecule has 0 saturated carbocycles. The number of thioether (sulfide) groups is 1. The van der Waals surface area contributed by atoms with Crippen LogP contribution in [-0.2, 0) is 12.4 Å². The van der Waals surface area contributed by atoms with Gasteiger partial charge in [-0.15, -0.1) is 11.8 Å². The van der Waals surface area contributed by atoms with Gasteiger partial charge in [-0.25, -0.2) is 15.0 Å². The molecule has 30 heavy (non-hydrogen) atoms. The van der Waals surface area contributed by atoms with Gasteiger partial charge in [-0.2, -0.15) is 0 Å². The summed E-state index contributed by atoms with van der Waals surface area (Å²) in [6.07, 6.45) is 7.25. The van der Waals surface area contributed by atoms with E-state index in [0.29, 0.717) is 11.3 Å². The number of carboxylic acids is 1. The third-order valence-corrected chi connectivity index (χ3v) is 4.94. The number of carboxylic acid groups (broad SMARTS) is 1. The molecular weight excluding hydrogens is 535 g/mol. The fourth-order valence-electron chi connectivity index (χ4n) is 1.66. The molecule has 0 radical (unpaired) electrons. The molecule has 5 nitrogen and oxygen atoms in total. The molecule has 0 aliphatic rings. The van der Waals surface area contributed by atoms with Gasteiger partial charge in [0.1, 0.15) is 0 Å². The number of hydrogen-bond donors (Lipinski definition) is 1. The highest BCUT2D eigenvalue weighted by Gasteiger charge is 2.33. The lowest BCUT2D eigenvalue weighted by atomic mass is 10.2. The highest BCUT2D eigenvalue weighted by molar-refractivity contribution is 8.03. The summed E-state index contributed by atoms with van der Waals surface area (Å²) in [7, 11) is 0. The third kappa shape index (κ3) is 11.4. The van der Waals surface area contributed by atoms with Crippen molar-refractivity contribution in [2.24, 2.45) is 0 Å². The number of alkyl halides is 6. The van der Waals surface area contributed by atoms with Crippen LogP contribution in [0.25, 0.3) is 5.57 Å². The standard InChI is InChI=1S/C16H15Cl6N3O2S.C2H6/c1-3-4-10(28-8-7-11(26)27)6-5-9(2)12-23-13(15(17,18)19)25-14(24-12)16(20,21)22;1-2/h3-6H,7-8H2,1-2H3,(H,26,27);1-2H3/b4-3-,9-5+,10-6+;. The predicted molar refractivity (Wildman–Crippen MR) is 131 cm³/mol. The zero-order valence-electron chi connectivity index (χ0n) is 16.6. The number of aliphatic carboxylic acids is 1. The minimum atomic E-state index is -1.93. The fraction of sp³-hybridized carbons (Fsp3) is 0.444. The molecule has 0 atom stereocenters. The van der Waals surface area contributed by atoms with E-state index in [1.54, 1.807) is 19.1 Å². The van der Waals surface area contributed by atoms with Crippen LogP contribution in [0.1, 0.15) is 51.6 Å². The SMILES string of the molecule is CC.C\C=C/C(=C\C=C(/C)c1nc(C(Cl)(Cl)Cl)nc(C(Cl)(Cl)Cl)n1)SCCC(=O)O. The van der Waals surface area contributed by atoms with Gasteiger partial charge >= 0.3 is 5.97 Å². The van der Waals surface area contributed by atoms with Crippen LogP contribution in [0.5, 0.6) is 0 Å². The average molecular weight is 556 g/mol. The highest BCUT2D eigenvalue weighted by atomic mass is 35.6. The van der Waals surface area contributed by atoms with Crippen molar-refractivity contribution in [3.63, 3.8) is 0 Å². The third-order valence-electron chi connectivity index (χ3n) is 2.91. The molecule has 1 rings (SSSR count). The second-order valence-electron chi connectivity index (χ2n) is 5.21. The van der Waals surface area contributed by atoms with E-state index in [2.05, 4.69) is 15.0 Å². The van der Waals surface area contributed by atoms with Gasteiger partial charge in [0.25, 0.3) is 0 Å². The highest BCUT2D eigenvalue weighted by Crippen LogP contribution is 2.40. The van der Waals surface area contributed by atoms with Crippen LogP contribution in [-0.4, -0.2) is 31.8 Å². The Bertz CT molecular complexity index is 770. The number of aromatic nitrogens is 3. The maximum absolute atomic E-state index is 10.7. The molecule has 1 N–H and O–H groups in total. The summed E-state index contributed by atoms with van der Waals surface area (Å²) in [4.78, 5) is 23.7. The Hall–Kier alpha value is -0.210. The van der Waals surface area contributed by atoms with E-state index in [4.69, 9.17) is 74.7 Å². The first-order valence-electron chi connectivity index (χ1n) is 8.61. The molecule has 1 aromatic heterocycles. The van der Waals surface area contributed by atoms with Crippen LogP contribution < -0.4 is 0 Å². The Morgan fingerprint density at radius 3 is 1.90 bits per heavy atom. The van der Waals surface area contributed by atoms with E-state index in [0.717, 1.165) is 4.91 Å². The summed E-state index contributed by atoms with van der Waals surface area (Å²) in [5, 5.41) is 8.76. The fourth-order valence-corrected chi connectivity index (χ4v) is 3.08. The van der Waals surface area contributed by atoms with Gasteiger partial charge in [0.15, 0.2) is 17.5 Å². The van der Waals surface area contributed by atoms with Gasteiger partial charge in [-0.05, 0) is 25.5 Å². The van der Waals surface area contributed by atoms with Gasteiger partial charge < -0.3 is 5.11 Å². The summed E-state index contributed by atoms with van der Waals surface area (Å²) in [6, 6.07) is 0. The zero-order valence-corrected chi connectivity index (χ0v) is 21.9. The van der Waals surface area contributed by atoms with Crippen LogP contribution in [0.15, 0.2) is 29.2 Å². The summed E-state index contributed by atoms with van der Waals surface area (Å²) in [5.74, 6) is -0.610. The minimum Gasteiger partial charge on any atom is -0.481 e. The molecule has 0 spiro atoms. The molecule has 0 bridgehead atoms. The number of carbonyl (C=O) groups is 1. The van der Waals surface area contributed by atoms with E-state index in [9.17, 15) is 4.79 Å². The summed E-state index contributed by atoms with van der Waals surface area (Å²) >= 11 is 36.6. The Labute approximate surface area is 210 Å². The largest absolute Gasteiger partial charge is 0.481 e. The second kappa shape index (κ2) is 14.0. The Kier molecular flexibility index (Phi) is 13.9. The second-order valence-corrected chi connectivity index (χ2v) is 10.9. The summed E-state index contributed by atoms with van der Waals surface area (Å²) < 4.78 is -3.86. The lowest BCUT2D eigenvalue weighted by Gasteiger charge is -2.15. The molecule has 0 aliphatic heterocycles. The Balaban J connectivity index is 0.00000407. The van der Waals surface area contributed by atoms with Crippen LogP contribution >= 0.6 is 81.4 Å².